The van der Waals surface area contributed by atoms with Crippen LogP contribution in [0.5, 0.6) is 0 Å². The van der Waals surface area contributed by atoms with Crippen LogP contribution in [0.25, 0.3) is 33.5 Å². The Bertz CT molecular complexity index is 1030. The van der Waals surface area contributed by atoms with E-state index >= 15 is 0 Å². The van der Waals surface area contributed by atoms with E-state index in [0.29, 0.717) is 33.1 Å². The molecule has 6 nitrogen and oxygen atoms in total. The Labute approximate surface area is 129 Å². The molecule has 1 radical (unpaired) electrons. The van der Waals surface area contributed by atoms with E-state index in [9.17, 15) is 4.79 Å². The number of nitrogens with one attached hydrogen (secondary N) is 1. The number of aromatic nitrogens is 5. The van der Waals surface area contributed by atoms with E-state index in [1.807, 2.05) is 31.5 Å². The molecule has 3 aromatic heterocycles. The molecule has 0 saturated heterocycles. The van der Waals surface area contributed by atoms with Gasteiger partial charge in [-0.1, -0.05) is 11.6 Å². The van der Waals surface area contributed by atoms with Crippen molar-refractivity contribution in [3.05, 3.63) is 41.2 Å². The Morgan fingerprint density at radius 1 is 1.36 bits per heavy atom. The van der Waals surface area contributed by atoms with Gasteiger partial charge in [-0.3, -0.25) is 9.48 Å². The molecule has 1 aromatic carbocycles. The Hall–Kier alpha value is -2.73. The number of nitrogens with zero attached hydrogens (tertiary/aromatic N) is 4. The second-order valence-electron chi connectivity index (χ2n) is 4.89. The average Bonchev–Trinajstić information content (AvgIpc) is 3.08. The van der Waals surface area contributed by atoms with Gasteiger partial charge in [0.2, 0.25) is 6.29 Å². The summed E-state index contributed by atoms with van der Waals surface area (Å²) in [5, 5.41) is 6.06. The molecule has 0 amide bonds. The first kappa shape index (κ1) is 13.0. The van der Waals surface area contributed by atoms with Crippen molar-refractivity contribution in [3.63, 3.8) is 0 Å². The molecule has 0 atom stereocenters. The zero-order chi connectivity index (χ0) is 15.3. The number of hydrogen-bond acceptors (Lipinski definition) is 4. The molecule has 4 rings (SSSR count). The van der Waals surface area contributed by atoms with Crippen LogP contribution in [0.4, 0.5) is 0 Å². The molecular weight excluding hydrogens is 302 g/mol. The molecule has 3 heterocycles. The maximum absolute atomic E-state index is 10.9. The van der Waals surface area contributed by atoms with E-state index in [0.717, 1.165) is 10.9 Å². The second-order valence-corrected chi connectivity index (χ2v) is 5.33. The zero-order valence-corrected chi connectivity index (χ0v) is 12.2. The fraction of sp³-hybridized carbons (Fsp3) is 0.0667. The number of H-pyrrole nitrogens is 1. The third kappa shape index (κ3) is 1.81. The number of rotatable bonds is 2. The van der Waals surface area contributed by atoms with Crippen LogP contribution in [0.1, 0.15) is 5.56 Å². The van der Waals surface area contributed by atoms with Crippen LogP contribution in [-0.2, 0) is 11.8 Å². The van der Waals surface area contributed by atoms with Crippen molar-refractivity contribution in [1.29, 1.82) is 0 Å². The average molecular weight is 311 g/mol. The predicted octanol–water partition coefficient (Wildman–Crippen LogP) is 2.62. The topological polar surface area (TPSA) is 76.5 Å². The summed E-state index contributed by atoms with van der Waals surface area (Å²) in [6, 6.07) is 5.55. The SMILES string of the molecule is Cn1nc(-c2cnc3[nH]cc([C]=O)c3n2)c2ccc(Cl)cc21. The molecule has 0 spiro atoms. The van der Waals surface area contributed by atoms with E-state index in [1.165, 1.54) is 6.20 Å². The van der Waals surface area contributed by atoms with Crippen molar-refractivity contribution in [3.8, 4) is 11.4 Å². The molecule has 1 N–H and O–H groups in total. The van der Waals surface area contributed by atoms with Gasteiger partial charge in [0.25, 0.3) is 0 Å². The molecule has 4 aromatic rings. The van der Waals surface area contributed by atoms with Crippen LogP contribution in [0.3, 0.4) is 0 Å². The number of halogens is 1. The standard InChI is InChI=1S/C15H9ClN5O/c1-21-12-4-9(16)2-3-10(12)14(20-21)11-6-18-15-13(19-11)8(7-22)5-17-15/h2-6H,1H3,(H,17,18). The van der Waals surface area contributed by atoms with Crippen molar-refractivity contribution < 1.29 is 4.79 Å². The molecule has 22 heavy (non-hydrogen) atoms. The summed E-state index contributed by atoms with van der Waals surface area (Å²) in [5.74, 6) is 0. The highest BCUT2D eigenvalue weighted by molar-refractivity contribution is 6.31. The lowest BCUT2D eigenvalue weighted by Crippen LogP contribution is -1.92. The van der Waals surface area contributed by atoms with Crippen molar-refractivity contribution in [2.75, 3.05) is 0 Å². The van der Waals surface area contributed by atoms with Crippen LogP contribution in [0.2, 0.25) is 5.02 Å². The fourth-order valence-electron chi connectivity index (χ4n) is 2.50. The smallest absolute Gasteiger partial charge is 0.237 e. The van der Waals surface area contributed by atoms with Gasteiger partial charge in [0.15, 0.2) is 5.65 Å². The van der Waals surface area contributed by atoms with Crippen LogP contribution in [0, 0.1) is 0 Å². The Morgan fingerprint density at radius 3 is 3.05 bits per heavy atom. The van der Waals surface area contributed by atoms with Crippen molar-refractivity contribution in [1.82, 2.24) is 24.7 Å². The Kier molecular flexibility index (Phi) is 2.74. The molecule has 0 aliphatic carbocycles. The fourth-order valence-corrected chi connectivity index (χ4v) is 2.67. The predicted molar refractivity (Wildman–Crippen MR) is 83.4 cm³/mol. The molecule has 0 aliphatic rings. The maximum Gasteiger partial charge on any atom is 0.237 e. The summed E-state index contributed by atoms with van der Waals surface area (Å²) in [6.07, 6.45) is 5.02. The van der Waals surface area contributed by atoms with Gasteiger partial charge in [-0.25, -0.2) is 9.97 Å². The number of benzene rings is 1. The minimum atomic E-state index is 0.354. The van der Waals surface area contributed by atoms with Gasteiger partial charge in [-0.2, -0.15) is 5.10 Å². The first-order valence-electron chi connectivity index (χ1n) is 6.52. The van der Waals surface area contributed by atoms with E-state index in [1.54, 1.807) is 10.9 Å². The van der Waals surface area contributed by atoms with Crippen LogP contribution in [0.15, 0.2) is 30.6 Å². The van der Waals surface area contributed by atoms with Gasteiger partial charge in [0.1, 0.15) is 16.9 Å². The van der Waals surface area contributed by atoms with E-state index < -0.39 is 0 Å². The van der Waals surface area contributed by atoms with Crippen molar-refractivity contribution in [2.24, 2.45) is 7.05 Å². The summed E-state index contributed by atoms with van der Waals surface area (Å²) < 4.78 is 1.74. The summed E-state index contributed by atoms with van der Waals surface area (Å²) in [7, 11) is 1.84. The highest BCUT2D eigenvalue weighted by Crippen LogP contribution is 2.29. The zero-order valence-electron chi connectivity index (χ0n) is 11.5. The van der Waals surface area contributed by atoms with Gasteiger partial charge in [0.05, 0.1) is 17.3 Å². The summed E-state index contributed by atoms with van der Waals surface area (Å²) in [6.45, 7) is 0. The molecule has 107 valence electrons. The number of aryl methyl sites for hydroxylation is 1. The summed E-state index contributed by atoms with van der Waals surface area (Å²) >= 11 is 6.03. The second kappa shape index (κ2) is 4.64. The third-order valence-corrected chi connectivity index (χ3v) is 3.78. The first-order chi connectivity index (χ1) is 10.7. The minimum absolute atomic E-state index is 0.354. The lowest BCUT2D eigenvalue weighted by molar-refractivity contribution is 0.563. The third-order valence-electron chi connectivity index (χ3n) is 3.55. The van der Waals surface area contributed by atoms with Crippen LogP contribution < -0.4 is 0 Å². The minimum Gasteiger partial charge on any atom is -0.344 e. The molecule has 0 fully saturated rings. The van der Waals surface area contributed by atoms with Gasteiger partial charge >= 0.3 is 0 Å². The molecule has 0 saturated carbocycles. The van der Waals surface area contributed by atoms with Crippen molar-refractivity contribution in [2.45, 2.75) is 0 Å². The summed E-state index contributed by atoms with van der Waals surface area (Å²) in [5.41, 5.74) is 3.58. The molecule has 0 aliphatic heterocycles. The van der Waals surface area contributed by atoms with Crippen molar-refractivity contribution >= 4 is 40.0 Å². The monoisotopic (exact) mass is 310 g/mol. The number of hydrogen-bond donors (Lipinski definition) is 1. The lowest BCUT2D eigenvalue weighted by atomic mass is 10.1. The Morgan fingerprint density at radius 2 is 2.23 bits per heavy atom. The van der Waals surface area contributed by atoms with Crippen LogP contribution in [-0.4, -0.2) is 31.0 Å². The normalized spacial score (nSPS) is 11.4. The molecule has 0 unspecified atom stereocenters. The summed E-state index contributed by atoms with van der Waals surface area (Å²) in [4.78, 5) is 22.6. The van der Waals surface area contributed by atoms with Gasteiger partial charge in [-0.05, 0) is 18.2 Å². The number of fused-ring (bicyclic) bond motifs is 2. The van der Waals surface area contributed by atoms with E-state index in [4.69, 9.17) is 11.6 Å². The molecule has 7 heteroatoms. The van der Waals surface area contributed by atoms with Crippen LogP contribution >= 0.6 is 11.6 Å². The molecule has 0 bridgehead atoms. The highest BCUT2D eigenvalue weighted by atomic mass is 35.5. The lowest BCUT2D eigenvalue weighted by Gasteiger charge is -1.98. The van der Waals surface area contributed by atoms with E-state index in [-0.39, 0.29) is 0 Å². The highest BCUT2D eigenvalue weighted by Gasteiger charge is 2.15. The first-order valence-corrected chi connectivity index (χ1v) is 6.90. The van der Waals surface area contributed by atoms with E-state index in [2.05, 4.69) is 20.1 Å². The van der Waals surface area contributed by atoms with Gasteiger partial charge in [-0.15, -0.1) is 0 Å². The number of carbonyl (C=O) groups excluding carboxylic acids is 1. The van der Waals surface area contributed by atoms with Gasteiger partial charge < -0.3 is 4.98 Å². The maximum atomic E-state index is 10.9. The largest absolute Gasteiger partial charge is 0.344 e. The van der Waals surface area contributed by atoms with Gasteiger partial charge in [0, 0.05) is 23.7 Å². The quantitative estimate of drug-likeness (QED) is 0.617. The Balaban J connectivity index is 2.00. The molecular formula is C15H9ClN5O. The number of aromatic amines is 1.